The van der Waals surface area contributed by atoms with Gasteiger partial charge in [0.25, 0.3) is 0 Å². The van der Waals surface area contributed by atoms with Crippen LogP contribution in [-0.4, -0.2) is 48.9 Å². The molecule has 6 heteroatoms. The number of nitrogens with one attached hydrogen (secondary N) is 2. The lowest BCUT2D eigenvalue weighted by Gasteiger charge is -2.28. The minimum atomic E-state index is -0.316. The van der Waals surface area contributed by atoms with Crippen molar-refractivity contribution in [3.8, 4) is 5.75 Å². The Hall–Kier alpha value is -1.82. The molecule has 1 aromatic heterocycles. The number of H-pyrrole nitrogens is 1. The van der Waals surface area contributed by atoms with Gasteiger partial charge in [-0.1, -0.05) is 0 Å². The van der Waals surface area contributed by atoms with Gasteiger partial charge in [-0.25, -0.2) is 4.39 Å². The van der Waals surface area contributed by atoms with Crippen LogP contribution in [-0.2, 0) is 0 Å². The van der Waals surface area contributed by atoms with E-state index in [4.69, 9.17) is 4.74 Å². The van der Waals surface area contributed by atoms with E-state index in [1.54, 1.807) is 13.1 Å². The molecule has 0 bridgehead atoms. The van der Waals surface area contributed by atoms with Crippen LogP contribution in [0.2, 0.25) is 0 Å². The highest BCUT2D eigenvalue weighted by molar-refractivity contribution is 5.91. The zero-order valence-electron chi connectivity index (χ0n) is 12.4. The molecule has 0 radical (unpaired) electrons. The van der Waals surface area contributed by atoms with Crippen LogP contribution < -0.4 is 10.1 Å². The number of fused-ring (bicyclic) bond motifs is 1. The fraction of sp³-hybridized carbons (Fsp3) is 0.533. The Labute approximate surface area is 123 Å². The molecule has 2 N–H and O–H groups in total. The number of anilines is 1. The second-order valence-electron chi connectivity index (χ2n) is 5.71. The number of likely N-dealkylation sites (tertiary alicyclic amines) is 1. The van der Waals surface area contributed by atoms with Crippen LogP contribution in [0.15, 0.2) is 12.1 Å². The van der Waals surface area contributed by atoms with Gasteiger partial charge in [-0.2, -0.15) is 5.10 Å². The molecule has 3 rings (SSSR count). The molecule has 0 amide bonds. The van der Waals surface area contributed by atoms with Crippen LogP contribution in [0.1, 0.15) is 12.8 Å². The van der Waals surface area contributed by atoms with E-state index in [-0.39, 0.29) is 5.82 Å². The normalized spacial score (nSPS) is 17.3. The SMILES string of the molecule is CNc1n[nH]c2cc(OCC3CCN(C)CC3)cc(F)c12. The first-order chi connectivity index (χ1) is 10.2. The number of rotatable bonds is 4. The molecule has 5 nitrogen and oxygen atoms in total. The highest BCUT2D eigenvalue weighted by Crippen LogP contribution is 2.28. The molecular weight excluding hydrogens is 271 g/mol. The van der Waals surface area contributed by atoms with Crippen LogP contribution in [0.25, 0.3) is 10.9 Å². The quantitative estimate of drug-likeness (QED) is 0.909. The molecule has 114 valence electrons. The summed E-state index contributed by atoms with van der Waals surface area (Å²) in [5, 5.41) is 10.2. The van der Waals surface area contributed by atoms with E-state index in [9.17, 15) is 4.39 Å². The van der Waals surface area contributed by atoms with Gasteiger partial charge in [-0.15, -0.1) is 0 Å². The molecular formula is C15H21FN4O. The summed E-state index contributed by atoms with van der Waals surface area (Å²) in [5.41, 5.74) is 0.651. The number of benzene rings is 1. The van der Waals surface area contributed by atoms with Crippen molar-refractivity contribution < 1.29 is 9.13 Å². The topological polar surface area (TPSA) is 53.2 Å². The van der Waals surface area contributed by atoms with Gasteiger partial charge in [0.2, 0.25) is 0 Å². The lowest BCUT2D eigenvalue weighted by Crippen LogP contribution is -2.32. The number of ether oxygens (including phenoxy) is 1. The number of hydrogen-bond acceptors (Lipinski definition) is 4. The minimum absolute atomic E-state index is 0.316. The van der Waals surface area contributed by atoms with E-state index >= 15 is 0 Å². The lowest BCUT2D eigenvalue weighted by molar-refractivity contribution is 0.160. The molecule has 0 atom stereocenters. The molecule has 21 heavy (non-hydrogen) atoms. The summed E-state index contributed by atoms with van der Waals surface area (Å²) in [4.78, 5) is 2.33. The summed E-state index contributed by atoms with van der Waals surface area (Å²) in [7, 11) is 3.86. The first-order valence-corrected chi connectivity index (χ1v) is 7.34. The molecule has 1 aliphatic heterocycles. The van der Waals surface area contributed by atoms with Crippen molar-refractivity contribution in [2.45, 2.75) is 12.8 Å². The van der Waals surface area contributed by atoms with Gasteiger partial charge in [-0.05, 0) is 38.9 Å². The maximum absolute atomic E-state index is 14.2. The molecule has 2 aromatic rings. The molecule has 1 fully saturated rings. The molecule has 0 unspecified atom stereocenters. The summed E-state index contributed by atoms with van der Waals surface area (Å²) in [6.45, 7) is 2.85. The van der Waals surface area contributed by atoms with Crippen molar-refractivity contribution >= 4 is 16.7 Å². The van der Waals surface area contributed by atoms with E-state index in [2.05, 4.69) is 27.5 Å². The van der Waals surface area contributed by atoms with Gasteiger partial charge < -0.3 is 15.0 Å². The minimum Gasteiger partial charge on any atom is -0.493 e. The largest absolute Gasteiger partial charge is 0.493 e. The van der Waals surface area contributed by atoms with E-state index in [0.717, 1.165) is 25.9 Å². The summed E-state index contributed by atoms with van der Waals surface area (Å²) in [5.74, 6) is 1.31. The Morgan fingerprint density at radius 3 is 2.90 bits per heavy atom. The first kappa shape index (κ1) is 14.1. The maximum Gasteiger partial charge on any atom is 0.158 e. The number of halogens is 1. The second kappa shape index (κ2) is 5.89. The molecule has 1 saturated heterocycles. The predicted octanol–water partition coefficient (Wildman–Crippen LogP) is 2.46. The van der Waals surface area contributed by atoms with Gasteiger partial charge in [0, 0.05) is 19.2 Å². The van der Waals surface area contributed by atoms with Crippen molar-refractivity contribution in [3.63, 3.8) is 0 Å². The van der Waals surface area contributed by atoms with Crippen LogP contribution in [0.4, 0.5) is 10.2 Å². The van der Waals surface area contributed by atoms with Gasteiger partial charge in [0.15, 0.2) is 5.82 Å². The Morgan fingerprint density at radius 2 is 2.19 bits per heavy atom. The Kier molecular flexibility index (Phi) is 3.96. The first-order valence-electron chi connectivity index (χ1n) is 7.34. The fourth-order valence-corrected chi connectivity index (χ4v) is 2.79. The smallest absolute Gasteiger partial charge is 0.158 e. The predicted molar refractivity (Wildman–Crippen MR) is 81.3 cm³/mol. The average molecular weight is 292 g/mol. The van der Waals surface area contributed by atoms with Gasteiger partial charge >= 0.3 is 0 Å². The lowest BCUT2D eigenvalue weighted by atomic mass is 9.98. The van der Waals surface area contributed by atoms with Crippen molar-refractivity contribution in [1.29, 1.82) is 0 Å². The molecule has 1 aliphatic rings. The number of aromatic amines is 1. The zero-order valence-corrected chi connectivity index (χ0v) is 12.4. The molecule has 1 aromatic carbocycles. The van der Waals surface area contributed by atoms with Gasteiger partial charge in [-0.3, -0.25) is 5.10 Å². The van der Waals surface area contributed by atoms with Crippen LogP contribution in [0.3, 0.4) is 0 Å². The summed E-state index contributed by atoms with van der Waals surface area (Å²) >= 11 is 0. The second-order valence-corrected chi connectivity index (χ2v) is 5.71. The van der Waals surface area contributed by atoms with E-state index in [1.807, 2.05) is 0 Å². The monoisotopic (exact) mass is 292 g/mol. The zero-order chi connectivity index (χ0) is 14.8. The van der Waals surface area contributed by atoms with Crippen molar-refractivity contribution in [3.05, 3.63) is 17.9 Å². The van der Waals surface area contributed by atoms with Crippen LogP contribution in [0, 0.1) is 11.7 Å². The van der Waals surface area contributed by atoms with Crippen molar-refractivity contribution in [2.24, 2.45) is 5.92 Å². The number of piperidine rings is 1. The highest BCUT2D eigenvalue weighted by atomic mass is 19.1. The number of nitrogens with zero attached hydrogens (tertiary/aromatic N) is 2. The standard InChI is InChI=1S/C15H21FN4O/c1-17-15-14-12(16)7-11(8-13(14)18-19-15)21-9-10-3-5-20(2)6-4-10/h7-8,10H,3-6,9H2,1-2H3,(H2,17,18,19). The van der Waals surface area contributed by atoms with Crippen LogP contribution >= 0.6 is 0 Å². The Balaban J connectivity index is 1.70. The third kappa shape index (κ3) is 2.95. The van der Waals surface area contributed by atoms with Crippen molar-refractivity contribution in [2.75, 3.05) is 39.1 Å². The van der Waals surface area contributed by atoms with E-state index in [1.165, 1.54) is 6.07 Å². The van der Waals surface area contributed by atoms with E-state index < -0.39 is 0 Å². The molecule has 0 saturated carbocycles. The summed E-state index contributed by atoms with van der Waals surface area (Å²) in [6, 6.07) is 3.24. The number of aromatic nitrogens is 2. The summed E-state index contributed by atoms with van der Waals surface area (Å²) < 4.78 is 19.9. The highest BCUT2D eigenvalue weighted by Gasteiger charge is 2.18. The van der Waals surface area contributed by atoms with Crippen molar-refractivity contribution in [1.82, 2.24) is 15.1 Å². The maximum atomic E-state index is 14.2. The van der Waals surface area contributed by atoms with E-state index in [0.29, 0.717) is 35.0 Å². The Morgan fingerprint density at radius 1 is 1.43 bits per heavy atom. The van der Waals surface area contributed by atoms with Gasteiger partial charge in [0.1, 0.15) is 11.6 Å². The third-order valence-corrected chi connectivity index (χ3v) is 4.15. The molecule has 0 spiro atoms. The Bertz CT molecular complexity index is 619. The van der Waals surface area contributed by atoms with Gasteiger partial charge in [0.05, 0.1) is 17.5 Å². The average Bonchev–Trinajstić information content (AvgIpc) is 2.90. The third-order valence-electron chi connectivity index (χ3n) is 4.15. The molecule has 0 aliphatic carbocycles. The number of hydrogen-bond donors (Lipinski definition) is 2. The fourth-order valence-electron chi connectivity index (χ4n) is 2.79. The summed E-state index contributed by atoms with van der Waals surface area (Å²) in [6.07, 6.45) is 2.27. The van der Waals surface area contributed by atoms with Crippen LogP contribution in [0.5, 0.6) is 5.75 Å². The molecule has 2 heterocycles.